The van der Waals surface area contributed by atoms with E-state index in [1.54, 1.807) is 34.6 Å². The summed E-state index contributed by atoms with van der Waals surface area (Å²) in [5.41, 5.74) is -0.529. The van der Waals surface area contributed by atoms with E-state index >= 15 is 0 Å². The van der Waals surface area contributed by atoms with E-state index in [-0.39, 0.29) is 19.3 Å². The molecule has 0 saturated heterocycles. The molecule has 0 aromatic heterocycles. The van der Waals surface area contributed by atoms with Crippen LogP contribution < -0.4 is 5.32 Å². The quantitative estimate of drug-likeness (QED) is 0.733. The van der Waals surface area contributed by atoms with E-state index in [1.165, 1.54) is 0 Å². The van der Waals surface area contributed by atoms with Gasteiger partial charge in [0.2, 0.25) is 0 Å². The number of amides is 1. The molecule has 6 nitrogen and oxygen atoms in total. The molecule has 0 unspecified atom stereocenters. The van der Waals surface area contributed by atoms with Gasteiger partial charge in [-0.05, 0) is 34.6 Å². The zero-order valence-corrected chi connectivity index (χ0v) is 11.7. The van der Waals surface area contributed by atoms with Gasteiger partial charge in [-0.15, -0.1) is 0 Å². The van der Waals surface area contributed by atoms with Crippen LogP contribution in [0.3, 0.4) is 0 Å². The number of hydrogen-bond donors (Lipinski definition) is 1. The molecule has 0 bridgehead atoms. The van der Waals surface area contributed by atoms with E-state index in [4.69, 9.17) is 14.2 Å². The van der Waals surface area contributed by atoms with Crippen molar-refractivity contribution in [3.8, 4) is 0 Å². The standard InChI is InChI=1S/C12H23NO5/c1-6-16-10(14)8-17-9(2)7-13-11(15)18-12(3,4)5/h9H,6-8H2,1-5H3,(H,13,15)/t9-/m1/s1. The molecule has 0 aliphatic rings. The van der Waals surface area contributed by atoms with Gasteiger partial charge in [0.25, 0.3) is 0 Å². The molecule has 106 valence electrons. The third kappa shape index (κ3) is 9.89. The van der Waals surface area contributed by atoms with Crippen molar-refractivity contribution in [2.24, 2.45) is 0 Å². The predicted octanol–water partition coefficient (Wildman–Crippen LogP) is 1.48. The Morgan fingerprint density at radius 3 is 2.39 bits per heavy atom. The lowest BCUT2D eigenvalue weighted by atomic mass is 10.2. The summed E-state index contributed by atoms with van der Waals surface area (Å²) in [5, 5.41) is 2.56. The van der Waals surface area contributed by atoms with Gasteiger partial charge in [-0.1, -0.05) is 0 Å². The Bertz CT molecular complexity index is 272. The molecular formula is C12H23NO5. The summed E-state index contributed by atoms with van der Waals surface area (Å²) in [6, 6.07) is 0. The van der Waals surface area contributed by atoms with Crippen LogP contribution in [0.4, 0.5) is 4.79 Å². The zero-order chi connectivity index (χ0) is 14.2. The van der Waals surface area contributed by atoms with E-state index in [1.807, 2.05) is 0 Å². The van der Waals surface area contributed by atoms with Gasteiger partial charge in [0.15, 0.2) is 0 Å². The molecule has 0 fully saturated rings. The fourth-order valence-electron chi connectivity index (χ4n) is 1.01. The molecule has 18 heavy (non-hydrogen) atoms. The van der Waals surface area contributed by atoms with Gasteiger partial charge >= 0.3 is 12.1 Å². The van der Waals surface area contributed by atoms with Gasteiger partial charge in [0.05, 0.1) is 12.7 Å². The fourth-order valence-corrected chi connectivity index (χ4v) is 1.01. The third-order valence-corrected chi connectivity index (χ3v) is 1.72. The molecule has 0 spiro atoms. The molecule has 0 aromatic rings. The minimum absolute atomic E-state index is 0.120. The monoisotopic (exact) mass is 261 g/mol. The van der Waals surface area contributed by atoms with Crippen molar-refractivity contribution in [1.29, 1.82) is 0 Å². The second-order valence-corrected chi connectivity index (χ2v) is 4.81. The van der Waals surface area contributed by atoms with E-state index in [9.17, 15) is 9.59 Å². The van der Waals surface area contributed by atoms with Crippen molar-refractivity contribution in [2.75, 3.05) is 19.8 Å². The van der Waals surface area contributed by atoms with Crippen molar-refractivity contribution in [2.45, 2.75) is 46.3 Å². The Morgan fingerprint density at radius 2 is 1.89 bits per heavy atom. The van der Waals surface area contributed by atoms with Crippen molar-refractivity contribution < 1.29 is 23.8 Å². The number of esters is 1. The third-order valence-electron chi connectivity index (χ3n) is 1.72. The second-order valence-electron chi connectivity index (χ2n) is 4.81. The maximum absolute atomic E-state index is 11.3. The van der Waals surface area contributed by atoms with Crippen molar-refractivity contribution >= 4 is 12.1 Å². The van der Waals surface area contributed by atoms with Crippen LogP contribution in [0, 0.1) is 0 Å². The molecule has 6 heteroatoms. The Balaban J connectivity index is 3.73. The van der Waals surface area contributed by atoms with Gasteiger partial charge < -0.3 is 19.5 Å². The van der Waals surface area contributed by atoms with E-state index in [0.717, 1.165) is 0 Å². The first kappa shape index (κ1) is 16.7. The van der Waals surface area contributed by atoms with Gasteiger partial charge in [-0.25, -0.2) is 9.59 Å². The highest BCUT2D eigenvalue weighted by Crippen LogP contribution is 2.06. The minimum atomic E-state index is -0.529. The van der Waals surface area contributed by atoms with Crippen LogP contribution in [0.25, 0.3) is 0 Å². The highest BCUT2D eigenvalue weighted by molar-refractivity contribution is 5.70. The maximum atomic E-state index is 11.3. The Morgan fingerprint density at radius 1 is 1.28 bits per heavy atom. The van der Waals surface area contributed by atoms with Crippen LogP contribution in [0.1, 0.15) is 34.6 Å². The lowest BCUT2D eigenvalue weighted by Crippen LogP contribution is -2.37. The molecule has 1 amide bonds. The number of alkyl carbamates (subject to hydrolysis) is 1. The number of carbonyl (C=O) groups excluding carboxylic acids is 2. The predicted molar refractivity (Wildman–Crippen MR) is 66.3 cm³/mol. The van der Waals surface area contributed by atoms with Crippen LogP contribution in [-0.2, 0) is 19.0 Å². The van der Waals surface area contributed by atoms with E-state index in [2.05, 4.69) is 5.32 Å². The molecule has 0 aromatic carbocycles. The summed E-state index contributed by atoms with van der Waals surface area (Å²) >= 11 is 0. The molecule has 0 radical (unpaired) electrons. The summed E-state index contributed by atoms with van der Waals surface area (Å²) in [4.78, 5) is 22.3. The molecule has 0 rings (SSSR count). The van der Waals surface area contributed by atoms with Gasteiger partial charge in [-0.3, -0.25) is 0 Å². The van der Waals surface area contributed by atoms with Crippen LogP contribution in [0.2, 0.25) is 0 Å². The van der Waals surface area contributed by atoms with Crippen molar-refractivity contribution in [3.05, 3.63) is 0 Å². The smallest absolute Gasteiger partial charge is 0.407 e. The van der Waals surface area contributed by atoms with Gasteiger partial charge in [0, 0.05) is 6.54 Å². The zero-order valence-electron chi connectivity index (χ0n) is 11.7. The molecule has 1 atom stereocenters. The molecule has 0 heterocycles. The average Bonchev–Trinajstić information content (AvgIpc) is 2.21. The Labute approximate surface area is 108 Å². The normalized spacial score (nSPS) is 12.7. The van der Waals surface area contributed by atoms with Crippen LogP contribution in [0.5, 0.6) is 0 Å². The van der Waals surface area contributed by atoms with Gasteiger partial charge in [-0.2, -0.15) is 0 Å². The first-order valence-corrected chi connectivity index (χ1v) is 5.98. The average molecular weight is 261 g/mol. The number of carbonyl (C=O) groups is 2. The highest BCUT2D eigenvalue weighted by Gasteiger charge is 2.16. The summed E-state index contributed by atoms with van der Waals surface area (Å²) in [6.45, 7) is 9.31. The SMILES string of the molecule is CCOC(=O)CO[C@H](C)CNC(=O)OC(C)(C)C. The lowest BCUT2D eigenvalue weighted by molar-refractivity contribution is -0.150. The maximum Gasteiger partial charge on any atom is 0.407 e. The summed E-state index contributed by atoms with van der Waals surface area (Å²) in [5.74, 6) is -0.415. The van der Waals surface area contributed by atoms with Gasteiger partial charge in [0.1, 0.15) is 12.2 Å². The van der Waals surface area contributed by atoms with Crippen LogP contribution in [-0.4, -0.2) is 43.5 Å². The lowest BCUT2D eigenvalue weighted by Gasteiger charge is -2.20. The van der Waals surface area contributed by atoms with E-state index < -0.39 is 17.7 Å². The first-order chi connectivity index (χ1) is 8.24. The van der Waals surface area contributed by atoms with Crippen molar-refractivity contribution in [3.63, 3.8) is 0 Å². The second kappa shape index (κ2) is 7.92. The Hall–Kier alpha value is -1.30. The molecule has 0 aliphatic carbocycles. The molecule has 0 aliphatic heterocycles. The van der Waals surface area contributed by atoms with Crippen LogP contribution in [0.15, 0.2) is 0 Å². The van der Waals surface area contributed by atoms with Crippen LogP contribution >= 0.6 is 0 Å². The highest BCUT2D eigenvalue weighted by atomic mass is 16.6. The summed E-state index contributed by atoms with van der Waals surface area (Å²) in [6.07, 6.45) is -0.795. The number of hydrogen-bond acceptors (Lipinski definition) is 5. The topological polar surface area (TPSA) is 73.9 Å². The Kier molecular flexibility index (Phi) is 7.35. The van der Waals surface area contributed by atoms with Crippen molar-refractivity contribution in [1.82, 2.24) is 5.32 Å². The van der Waals surface area contributed by atoms with E-state index in [0.29, 0.717) is 6.61 Å². The number of nitrogens with one attached hydrogen (secondary N) is 1. The molecular weight excluding hydrogens is 238 g/mol. The summed E-state index contributed by atoms with van der Waals surface area (Å²) < 4.78 is 15.0. The molecule has 1 N–H and O–H groups in total. The minimum Gasteiger partial charge on any atom is -0.464 e. The summed E-state index contributed by atoms with van der Waals surface area (Å²) in [7, 11) is 0. The number of ether oxygens (including phenoxy) is 3. The number of rotatable bonds is 6. The largest absolute Gasteiger partial charge is 0.464 e. The first-order valence-electron chi connectivity index (χ1n) is 5.98. The molecule has 0 saturated carbocycles. The fraction of sp³-hybridized carbons (Fsp3) is 0.833.